The van der Waals surface area contributed by atoms with Gasteiger partial charge in [-0.05, 0) is 44.9 Å². The van der Waals surface area contributed by atoms with Crippen LogP contribution < -0.4 is 0 Å². The second-order valence-electron chi connectivity index (χ2n) is 4.94. The summed E-state index contributed by atoms with van der Waals surface area (Å²) in [4.78, 5) is 0. The first-order valence-corrected chi connectivity index (χ1v) is 7.51. The smallest absolute Gasteiger partial charge is 0.0992 e. The highest BCUT2D eigenvalue weighted by Crippen LogP contribution is 2.13. The van der Waals surface area contributed by atoms with Crippen LogP contribution in [-0.2, 0) is 4.74 Å². The maximum absolute atomic E-state index is 9.19. The van der Waals surface area contributed by atoms with Crippen molar-refractivity contribution in [2.24, 2.45) is 5.16 Å². The molecule has 0 amide bonds. The molecule has 0 bridgehead atoms. The molecular formula is C16H27NO2. The van der Waals surface area contributed by atoms with Gasteiger partial charge in [-0.2, -0.15) is 0 Å². The molecule has 0 aromatic heterocycles. The van der Waals surface area contributed by atoms with Crippen LogP contribution in [0.4, 0.5) is 0 Å². The van der Waals surface area contributed by atoms with Gasteiger partial charge in [0.1, 0.15) is 0 Å². The molecular weight excluding hydrogens is 238 g/mol. The second-order valence-corrected chi connectivity index (χ2v) is 4.94. The van der Waals surface area contributed by atoms with Crippen molar-refractivity contribution in [1.29, 1.82) is 0 Å². The first-order chi connectivity index (χ1) is 9.38. The summed E-state index contributed by atoms with van der Waals surface area (Å²) in [5.74, 6) is 0. The zero-order chi connectivity index (χ0) is 13.8. The lowest BCUT2D eigenvalue weighted by atomic mass is 10.0. The molecule has 0 heterocycles. The van der Waals surface area contributed by atoms with Crippen molar-refractivity contribution < 1.29 is 9.94 Å². The average molecular weight is 265 g/mol. The molecule has 1 N–H and O–H groups in total. The predicted octanol–water partition coefficient (Wildman–Crippen LogP) is 4.47. The van der Waals surface area contributed by atoms with Crippen LogP contribution in [0.2, 0.25) is 0 Å². The Morgan fingerprint density at radius 2 is 1.84 bits per heavy atom. The van der Waals surface area contributed by atoms with Gasteiger partial charge in [0.25, 0.3) is 0 Å². The number of ether oxygens (including phenoxy) is 1. The van der Waals surface area contributed by atoms with Crippen LogP contribution in [0, 0.1) is 0 Å². The van der Waals surface area contributed by atoms with E-state index >= 15 is 0 Å². The van der Waals surface area contributed by atoms with E-state index in [1.807, 2.05) is 0 Å². The maximum atomic E-state index is 9.19. The molecule has 0 radical (unpaired) electrons. The van der Waals surface area contributed by atoms with Crippen LogP contribution in [0.3, 0.4) is 0 Å². The minimum Gasteiger partial charge on any atom is -0.411 e. The topological polar surface area (TPSA) is 41.8 Å². The van der Waals surface area contributed by atoms with Crippen LogP contribution in [0.15, 0.2) is 29.5 Å². The summed E-state index contributed by atoms with van der Waals surface area (Å²) in [5.41, 5.74) is 0.787. The fourth-order valence-electron chi connectivity index (χ4n) is 2.13. The number of allylic oxidation sites excluding steroid dienone is 4. The minimum absolute atomic E-state index is 0.0333. The summed E-state index contributed by atoms with van der Waals surface area (Å²) >= 11 is 0. The largest absolute Gasteiger partial charge is 0.411 e. The van der Waals surface area contributed by atoms with Crippen molar-refractivity contribution in [2.75, 3.05) is 6.61 Å². The van der Waals surface area contributed by atoms with Crippen LogP contribution in [-0.4, -0.2) is 23.6 Å². The third-order valence-electron chi connectivity index (χ3n) is 3.31. The summed E-state index contributed by atoms with van der Waals surface area (Å²) in [6.07, 6.45) is 16.8. The SMILES string of the molecule is CCCCOC1CC/C=C\CC/C=C\CCC1=NO. The monoisotopic (exact) mass is 265 g/mol. The zero-order valence-corrected chi connectivity index (χ0v) is 12.1. The Kier molecular flexibility index (Phi) is 9.07. The molecule has 0 spiro atoms. The van der Waals surface area contributed by atoms with Crippen molar-refractivity contribution in [3.8, 4) is 0 Å². The van der Waals surface area contributed by atoms with E-state index in [9.17, 15) is 5.21 Å². The number of hydrogen-bond donors (Lipinski definition) is 1. The molecule has 0 saturated heterocycles. The summed E-state index contributed by atoms with van der Waals surface area (Å²) in [7, 11) is 0. The van der Waals surface area contributed by atoms with Crippen LogP contribution in [0.1, 0.15) is 58.3 Å². The molecule has 19 heavy (non-hydrogen) atoms. The molecule has 108 valence electrons. The van der Waals surface area contributed by atoms with Gasteiger partial charge in [0.15, 0.2) is 0 Å². The van der Waals surface area contributed by atoms with Gasteiger partial charge in [0.2, 0.25) is 0 Å². The number of unbranched alkanes of at least 4 members (excludes halogenated alkanes) is 1. The Labute approximate surface area is 117 Å². The highest BCUT2D eigenvalue weighted by molar-refractivity contribution is 5.88. The van der Waals surface area contributed by atoms with Crippen LogP contribution in [0.25, 0.3) is 0 Å². The van der Waals surface area contributed by atoms with Gasteiger partial charge in [-0.15, -0.1) is 0 Å². The Morgan fingerprint density at radius 1 is 1.16 bits per heavy atom. The summed E-state index contributed by atoms with van der Waals surface area (Å²) < 4.78 is 5.88. The lowest BCUT2D eigenvalue weighted by molar-refractivity contribution is 0.0864. The van der Waals surface area contributed by atoms with Crippen molar-refractivity contribution in [1.82, 2.24) is 0 Å². The Hall–Kier alpha value is -1.09. The summed E-state index contributed by atoms with van der Waals surface area (Å²) in [6.45, 7) is 2.90. The van der Waals surface area contributed by atoms with Crippen molar-refractivity contribution >= 4 is 5.71 Å². The van der Waals surface area contributed by atoms with Gasteiger partial charge in [-0.3, -0.25) is 0 Å². The molecule has 0 aromatic rings. The van der Waals surface area contributed by atoms with E-state index in [0.29, 0.717) is 0 Å². The lowest BCUT2D eigenvalue weighted by Crippen LogP contribution is -2.25. The molecule has 3 heteroatoms. The van der Waals surface area contributed by atoms with Gasteiger partial charge >= 0.3 is 0 Å². The van der Waals surface area contributed by atoms with E-state index in [1.165, 1.54) is 0 Å². The van der Waals surface area contributed by atoms with Gasteiger partial charge in [-0.25, -0.2) is 0 Å². The first kappa shape index (κ1) is 16.0. The predicted molar refractivity (Wildman–Crippen MR) is 79.9 cm³/mol. The van der Waals surface area contributed by atoms with Crippen molar-refractivity contribution in [2.45, 2.75) is 64.4 Å². The van der Waals surface area contributed by atoms with Gasteiger partial charge < -0.3 is 9.94 Å². The van der Waals surface area contributed by atoms with Crippen LogP contribution >= 0.6 is 0 Å². The summed E-state index contributed by atoms with van der Waals surface area (Å²) in [5, 5.41) is 12.7. The first-order valence-electron chi connectivity index (χ1n) is 7.51. The van der Waals surface area contributed by atoms with E-state index in [2.05, 4.69) is 36.4 Å². The fourth-order valence-corrected chi connectivity index (χ4v) is 2.13. The number of nitrogens with zero attached hydrogens (tertiary/aromatic N) is 1. The van der Waals surface area contributed by atoms with E-state index in [-0.39, 0.29) is 6.10 Å². The van der Waals surface area contributed by atoms with Gasteiger partial charge in [-0.1, -0.05) is 42.8 Å². The Balaban J connectivity index is 2.58. The fraction of sp³-hybridized carbons (Fsp3) is 0.688. The normalized spacial score (nSPS) is 27.4. The number of hydrogen-bond acceptors (Lipinski definition) is 3. The lowest BCUT2D eigenvalue weighted by Gasteiger charge is -2.18. The quantitative estimate of drug-likeness (QED) is 0.353. The number of oxime groups is 1. The Bertz CT molecular complexity index is 308. The third-order valence-corrected chi connectivity index (χ3v) is 3.31. The molecule has 0 aliphatic heterocycles. The molecule has 0 fully saturated rings. The molecule has 1 aliphatic rings. The summed E-state index contributed by atoms with van der Waals surface area (Å²) in [6, 6.07) is 0. The van der Waals surface area contributed by atoms with E-state index in [0.717, 1.165) is 63.7 Å². The molecule has 1 unspecified atom stereocenters. The molecule has 1 aliphatic carbocycles. The molecule has 1 atom stereocenters. The molecule has 0 aromatic carbocycles. The third kappa shape index (κ3) is 7.16. The van der Waals surface area contributed by atoms with Gasteiger partial charge in [0, 0.05) is 6.61 Å². The maximum Gasteiger partial charge on any atom is 0.0992 e. The van der Waals surface area contributed by atoms with Crippen molar-refractivity contribution in [3.05, 3.63) is 24.3 Å². The zero-order valence-electron chi connectivity index (χ0n) is 12.1. The van der Waals surface area contributed by atoms with Gasteiger partial charge in [0.05, 0.1) is 11.8 Å². The highest BCUT2D eigenvalue weighted by Gasteiger charge is 2.16. The second kappa shape index (κ2) is 10.8. The Morgan fingerprint density at radius 3 is 2.53 bits per heavy atom. The molecule has 1 rings (SSSR count). The highest BCUT2D eigenvalue weighted by atomic mass is 16.5. The number of rotatable bonds is 4. The average Bonchev–Trinajstić information content (AvgIpc) is 2.41. The molecule has 0 saturated carbocycles. The van der Waals surface area contributed by atoms with Crippen molar-refractivity contribution in [3.63, 3.8) is 0 Å². The van der Waals surface area contributed by atoms with E-state index in [1.54, 1.807) is 0 Å². The van der Waals surface area contributed by atoms with Crippen LogP contribution in [0.5, 0.6) is 0 Å². The van der Waals surface area contributed by atoms with E-state index in [4.69, 9.17) is 4.74 Å². The standard InChI is InChI=1S/C16H27NO2/c1-2-3-14-19-16-13-11-9-7-5-4-6-8-10-12-15(16)17-18/h6-9,16,18H,2-5,10-14H2,1H3/b8-6-,9-7-,17-15?. The van der Waals surface area contributed by atoms with E-state index < -0.39 is 0 Å². The molecule has 3 nitrogen and oxygen atoms in total. The minimum atomic E-state index is -0.0333.